The number of hydrogen-bond acceptors (Lipinski definition) is 3. The number of hydrogen-bond donors (Lipinski definition) is 1. The summed E-state index contributed by atoms with van der Waals surface area (Å²) in [6.07, 6.45) is 9.11. The molecule has 0 radical (unpaired) electrons. The molecule has 0 bridgehead atoms. The van der Waals surface area contributed by atoms with E-state index in [4.69, 9.17) is 0 Å². The zero-order chi connectivity index (χ0) is 14.7. The largest absolute Gasteiger partial charge is 0.348 e. The van der Waals surface area contributed by atoms with Crippen LogP contribution in [0.4, 0.5) is 0 Å². The van der Waals surface area contributed by atoms with Crippen LogP contribution < -0.4 is 5.32 Å². The predicted octanol–water partition coefficient (Wildman–Crippen LogP) is 3.46. The van der Waals surface area contributed by atoms with Crippen molar-refractivity contribution in [3.05, 3.63) is 36.2 Å². The average Bonchev–Trinajstić information content (AvgIpc) is 2.72. The topological polar surface area (TPSA) is 54.9 Å². The molecule has 1 aliphatic rings. The Balaban J connectivity index is 1.76. The van der Waals surface area contributed by atoms with Crippen molar-refractivity contribution in [1.82, 2.24) is 15.3 Å². The summed E-state index contributed by atoms with van der Waals surface area (Å²) in [5.74, 6) is -0.0288. The minimum atomic E-state index is -0.0288. The number of benzene rings is 1. The lowest BCUT2D eigenvalue weighted by molar-refractivity contribution is 0.0935. The zero-order valence-electron chi connectivity index (χ0n) is 11.8. The summed E-state index contributed by atoms with van der Waals surface area (Å²) in [4.78, 5) is 21.3. The molecule has 2 unspecified atom stereocenters. The molecule has 0 spiro atoms. The fraction of sp³-hybridized carbons (Fsp3) is 0.438. The van der Waals surface area contributed by atoms with E-state index in [1.807, 2.05) is 12.1 Å². The van der Waals surface area contributed by atoms with Gasteiger partial charge in [0.15, 0.2) is 0 Å². The molecule has 1 amide bonds. The molecule has 1 fully saturated rings. The first kappa shape index (κ1) is 14.4. The van der Waals surface area contributed by atoms with Crippen LogP contribution in [0.1, 0.15) is 42.5 Å². The first-order valence-corrected chi connectivity index (χ1v) is 8.31. The number of alkyl halides is 1. The van der Waals surface area contributed by atoms with Crippen molar-refractivity contribution in [2.45, 2.75) is 43.0 Å². The van der Waals surface area contributed by atoms with Crippen LogP contribution in [0.15, 0.2) is 30.6 Å². The quantitative estimate of drug-likeness (QED) is 0.668. The number of aromatic nitrogens is 2. The third-order valence-corrected chi connectivity index (χ3v) is 5.08. The molecule has 1 aliphatic carbocycles. The van der Waals surface area contributed by atoms with Gasteiger partial charge in [-0.1, -0.05) is 35.2 Å². The molecular weight excluding hydrogens is 330 g/mol. The van der Waals surface area contributed by atoms with E-state index in [-0.39, 0.29) is 11.9 Å². The molecule has 1 aromatic heterocycles. The summed E-state index contributed by atoms with van der Waals surface area (Å²) in [5.41, 5.74) is 2.20. The second-order valence-electron chi connectivity index (χ2n) is 5.49. The minimum Gasteiger partial charge on any atom is -0.348 e. The Kier molecular flexibility index (Phi) is 4.48. The Hall–Kier alpha value is -1.49. The second-order valence-corrected chi connectivity index (χ2v) is 6.67. The van der Waals surface area contributed by atoms with Gasteiger partial charge in [0.05, 0.1) is 11.0 Å². The Morgan fingerprint density at radius 2 is 1.86 bits per heavy atom. The highest BCUT2D eigenvalue weighted by Crippen LogP contribution is 2.24. The molecule has 1 saturated carbocycles. The van der Waals surface area contributed by atoms with Gasteiger partial charge in [-0.3, -0.25) is 14.8 Å². The van der Waals surface area contributed by atoms with Crippen LogP contribution in [0, 0.1) is 0 Å². The van der Waals surface area contributed by atoms with Gasteiger partial charge in [0.25, 0.3) is 5.91 Å². The van der Waals surface area contributed by atoms with Crippen LogP contribution in [-0.4, -0.2) is 26.7 Å². The van der Waals surface area contributed by atoms with Gasteiger partial charge in [-0.15, -0.1) is 0 Å². The first-order valence-electron chi connectivity index (χ1n) is 7.40. The third kappa shape index (κ3) is 3.40. The van der Waals surface area contributed by atoms with E-state index in [2.05, 4.69) is 31.2 Å². The molecular formula is C16H18BrN3O. The SMILES string of the molecule is O=C(NC1CCCCCC1Br)c1ccc2nccnc2c1. The lowest BCUT2D eigenvalue weighted by Gasteiger charge is -2.21. The number of halogens is 1. The molecule has 0 saturated heterocycles. The van der Waals surface area contributed by atoms with Gasteiger partial charge in [0.1, 0.15) is 0 Å². The average molecular weight is 348 g/mol. The van der Waals surface area contributed by atoms with Gasteiger partial charge >= 0.3 is 0 Å². The van der Waals surface area contributed by atoms with Gasteiger partial charge in [-0.25, -0.2) is 0 Å². The molecule has 0 aliphatic heterocycles. The molecule has 5 heteroatoms. The number of nitrogens with zero attached hydrogens (tertiary/aromatic N) is 2. The highest BCUT2D eigenvalue weighted by atomic mass is 79.9. The first-order chi connectivity index (χ1) is 10.2. The smallest absolute Gasteiger partial charge is 0.251 e. The lowest BCUT2D eigenvalue weighted by atomic mass is 10.1. The minimum absolute atomic E-state index is 0.0288. The van der Waals surface area contributed by atoms with E-state index in [9.17, 15) is 4.79 Å². The standard InChI is InChI=1S/C16H18BrN3O/c17-12-4-2-1-3-5-13(12)20-16(21)11-6-7-14-15(10-11)19-9-8-18-14/h6-10,12-13H,1-5H2,(H,20,21). The summed E-state index contributed by atoms with van der Waals surface area (Å²) in [6, 6.07) is 5.66. The van der Waals surface area contributed by atoms with Crippen molar-refractivity contribution in [3.63, 3.8) is 0 Å². The Morgan fingerprint density at radius 1 is 1.10 bits per heavy atom. The van der Waals surface area contributed by atoms with Gasteiger partial charge in [-0.05, 0) is 31.0 Å². The number of carbonyl (C=O) groups excluding carboxylic acids is 1. The maximum Gasteiger partial charge on any atom is 0.251 e. The molecule has 4 nitrogen and oxygen atoms in total. The van der Waals surface area contributed by atoms with E-state index in [1.165, 1.54) is 19.3 Å². The fourth-order valence-electron chi connectivity index (χ4n) is 2.78. The van der Waals surface area contributed by atoms with Crippen molar-refractivity contribution in [2.75, 3.05) is 0 Å². The highest BCUT2D eigenvalue weighted by molar-refractivity contribution is 9.09. The number of nitrogens with one attached hydrogen (secondary N) is 1. The van der Waals surface area contributed by atoms with E-state index in [0.29, 0.717) is 10.4 Å². The maximum absolute atomic E-state index is 12.4. The van der Waals surface area contributed by atoms with Crippen molar-refractivity contribution in [3.8, 4) is 0 Å². The predicted molar refractivity (Wildman–Crippen MR) is 86.6 cm³/mol. The highest BCUT2D eigenvalue weighted by Gasteiger charge is 2.23. The van der Waals surface area contributed by atoms with Crippen LogP contribution >= 0.6 is 15.9 Å². The summed E-state index contributed by atoms with van der Waals surface area (Å²) in [5, 5.41) is 3.16. The van der Waals surface area contributed by atoms with E-state index < -0.39 is 0 Å². The second kappa shape index (κ2) is 6.52. The number of rotatable bonds is 2. The Morgan fingerprint density at radius 3 is 2.71 bits per heavy atom. The van der Waals surface area contributed by atoms with Crippen LogP contribution in [0.5, 0.6) is 0 Å². The summed E-state index contributed by atoms with van der Waals surface area (Å²) in [6.45, 7) is 0. The van der Waals surface area contributed by atoms with Crippen LogP contribution in [-0.2, 0) is 0 Å². The maximum atomic E-state index is 12.4. The molecule has 110 valence electrons. The van der Waals surface area contributed by atoms with Gasteiger partial charge in [-0.2, -0.15) is 0 Å². The molecule has 1 N–H and O–H groups in total. The molecule has 3 rings (SSSR count). The molecule has 21 heavy (non-hydrogen) atoms. The van der Waals surface area contributed by atoms with Crippen LogP contribution in [0.25, 0.3) is 11.0 Å². The van der Waals surface area contributed by atoms with Crippen molar-refractivity contribution in [1.29, 1.82) is 0 Å². The molecule has 2 atom stereocenters. The van der Waals surface area contributed by atoms with Crippen LogP contribution in [0.3, 0.4) is 0 Å². The third-order valence-electron chi connectivity index (χ3n) is 3.98. The zero-order valence-corrected chi connectivity index (χ0v) is 13.3. The summed E-state index contributed by atoms with van der Waals surface area (Å²) >= 11 is 3.71. The molecule has 1 aromatic carbocycles. The summed E-state index contributed by atoms with van der Waals surface area (Å²) in [7, 11) is 0. The lowest BCUT2D eigenvalue weighted by Crippen LogP contribution is -2.40. The number of fused-ring (bicyclic) bond motifs is 1. The van der Waals surface area contributed by atoms with Gasteiger partial charge in [0.2, 0.25) is 0 Å². The van der Waals surface area contributed by atoms with E-state index >= 15 is 0 Å². The molecule has 2 aromatic rings. The monoisotopic (exact) mass is 347 g/mol. The van der Waals surface area contributed by atoms with Crippen molar-refractivity contribution < 1.29 is 4.79 Å². The van der Waals surface area contributed by atoms with E-state index in [0.717, 1.165) is 23.9 Å². The van der Waals surface area contributed by atoms with Crippen LogP contribution in [0.2, 0.25) is 0 Å². The molecule has 1 heterocycles. The Labute approximate surface area is 132 Å². The number of carbonyl (C=O) groups is 1. The Bertz CT molecular complexity index is 646. The van der Waals surface area contributed by atoms with Crippen molar-refractivity contribution >= 4 is 32.9 Å². The summed E-state index contributed by atoms with van der Waals surface area (Å²) < 4.78 is 0. The van der Waals surface area contributed by atoms with Crippen molar-refractivity contribution in [2.24, 2.45) is 0 Å². The normalized spacial score (nSPS) is 22.7. The fourth-order valence-corrected chi connectivity index (χ4v) is 3.50. The van der Waals surface area contributed by atoms with E-state index in [1.54, 1.807) is 18.5 Å². The van der Waals surface area contributed by atoms with Gasteiger partial charge in [0, 0.05) is 28.8 Å². The number of amides is 1. The van der Waals surface area contributed by atoms with Gasteiger partial charge < -0.3 is 5.32 Å².